The molecule has 5 heterocycles. The molecule has 5 atom stereocenters. The Labute approximate surface area is 323 Å². The van der Waals surface area contributed by atoms with Crippen molar-refractivity contribution in [1.82, 2.24) is 29.9 Å². The topological polar surface area (TPSA) is 283 Å². The number of aliphatic hydroxyl groups is 2. The summed E-state index contributed by atoms with van der Waals surface area (Å²) in [5, 5.41) is 46.8. The lowest BCUT2D eigenvalue weighted by Gasteiger charge is -2.36. The smallest absolute Gasteiger partial charge is 0.403 e. The van der Waals surface area contributed by atoms with Gasteiger partial charge in [0.15, 0.2) is 23.3 Å². The van der Waals surface area contributed by atoms with Crippen LogP contribution in [0.5, 0.6) is 23.0 Å². The number of hydrogen-bond donors (Lipinski definition) is 8. The Kier molecular flexibility index (Phi) is 10.1. The van der Waals surface area contributed by atoms with Gasteiger partial charge in [-0.1, -0.05) is 25.0 Å². The Morgan fingerprint density at radius 1 is 0.930 bits per heavy atom. The van der Waals surface area contributed by atoms with Crippen molar-refractivity contribution < 1.29 is 58.2 Å². The van der Waals surface area contributed by atoms with Gasteiger partial charge >= 0.3 is 13.7 Å². The first-order chi connectivity index (χ1) is 27.4. The number of fused-ring (bicyclic) bond motifs is 7. The number of hydrogen-bond acceptors (Lipinski definition) is 15. The van der Waals surface area contributed by atoms with Crippen molar-refractivity contribution in [3.05, 3.63) is 95.1 Å². The number of phenols is 2. The first-order valence-corrected chi connectivity index (χ1v) is 19.6. The molecule has 1 amide bonds. The summed E-state index contributed by atoms with van der Waals surface area (Å²) >= 11 is 0. The molecule has 298 valence electrons. The molecule has 3 aromatic carbocycles. The highest BCUT2D eigenvalue weighted by Gasteiger charge is 2.55. The Balaban J connectivity index is 0.811. The predicted octanol–water partition coefficient (Wildman–Crippen LogP) is 2.70. The third kappa shape index (κ3) is 6.92. The van der Waals surface area contributed by atoms with Gasteiger partial charge in [0.2, 0.25) is 0 Å². The van der Waals surface area contributed by atoms with E-state index in [4.69, 9.17) is 24.5 Å². The van der Waals surface area contributed by atoms with Crippen LogP contribution in [0.15, 0.2) is 67.3 Å². The van der Waals surface area contributed by atoms with Crippen LogP contribution in [0, 0.1) is 0 Å². The van der Waals surface area contributed by atoms with Crippen LogP contribution in [0.25, 0.3) is 11.2 Å². The van der Waals surface area contributed by atoms with E-state index in [2.05, 4.69) is 25.4 Å². The summed E-state index contributed by atoms with van der Waals surface area (Å²) in [5.74, 6) is -0.754. The molecule has 9 N–H and O–H groups in total. The zero-order valence-corrected chi connectivity index (χ0v) is 30.9. The molecule has 0 aliphatic carbocycles. The van der Waals surface area contributed by atoms with Crippen molar-refractivity contribution in [2.75, 3.05) is 25.4 Å². The molecule has 19 nitrogen and oxygen atoms in total. The Morgan fingerprint density at radius 2 is 1.63 bits per heavy atom. The first-order valence-electron chi connectivity index (χ1n) is 18.0. The van der Waals surface area contributed by atoms with E-state index in [1.165, 1.54) is 47.6 Å². The summed E-state index contributed by atoms with van der Waals surface area (Å²) in [6, 6.07) is 13.7. The van der Waals surface area contributed by atoms with Gasteiger partial charge in [-0.05, 0) is 43.2 Å². The molecule has 20 heteroatoms. The second-order valence-electron chi connectivity index (χ2n) is 13.8. The summed E-state index contributed by atoms with van der Waals surface area (Å²) in [4.78, 5) is 49.4. The van der Waals surface area contributed by atoms with E-state index in [-0.39, 0.29) is 57.7 Å². The number of aromatic nitrogens is 4. The van der Waals surface area contributed by atoms with Crippen molar-refractivity contribution in [2.45, 2.75) is 55.8 Å². The largest absolute Gasteiger partial charge is 0.508 e. The molecular formula is C37H38N7O12P. The maximum absolute atomic E-state index is 13.6. The number of aromatic hydroxyl groups is 2. The Bertz CT molecular complexity index is 2380. The van der Waals surface area contributed by atoms with E-state index in [1.807, 2.05) is 0 Å². The van der Waals surface area contributed by atoms with Gasteiger partial charge in [-0.3, -0.25) is 13.9 Å². The van der Waals surface area contributed by atoms with Crippen LogP contribution in [0.3, 0.4) is 0 Å². The summed E-state index contributed by atoms with van der Waals surface area (Å²) in [6.07, 6.45) is -0.126. The molecule has 1 fully saturated rings. The SMILES string of the molecule is Nc1ncnc2c1ncn2[C@@H]1O[C@H](COP(=O)(O)NCCCCCCNC(=O)c2cccc3c2C(=O)OC32c3ccc(O)cc3Oc3cc(O)ccc32)[C@@H](O)[C@H]1O. The second-order valence-corrected chi connectivity index (χ2v) is 15.4. The number of esters is 1. The number of amides is 1. The van der Waals surface area contributed by atoms with Crippen LogP contribution in [0.4, 0.5) is 5.82 Å². The van der Waals surface area contributed by atoms with Gasteiger partial charge in [0.1, 0.15) is 53.2 Å². The first kappa shape index (κ1) is 38.2. The quantitative estimate of drug-likeness (QED) is 0.0482. The number of anilines is 1. The van der Waals surface area contributed by atoms with Crippen molar-refractivity contribution in [2.24, 2.45) is 0 Å². The number of aliphatic hydroxyl groups excluding tert-OH is 2. The van der Waals surface area contributed by atoms with Gasteiger partial charge in [-0.25, -0.2) is 29.4 Å². The summed E-state index contributed by atoms with van der Waals surface area (Å²) in [5.41, 5.74) is 6.41. The number of benzene rings is 3. The van der Waals surface area contributed by atoms with E-state index < -0.39 is 56.4 Å². The maximum Gasteiger partial charge on any atom is 0.403 e. The van der Waals surface area contributed by atoms with E-state index in [9.17, 15) is 39.5 Å². The summed E-state index contributed by atoms with van der Waals surface area (Å²) in [6.45, 7) is -0.0634. The lowest BCUT2D eigenvalue weighted by atomic mass is 9.77. The number of nitrogens with two attached hydrogens (primary N) is 1. The number of nitrogens with zero attached hydrogens (tertiary/aromatic N) is 4. The van der Waals surface area contributed by atoms with Gasteiger partial charge in [0, 0.05) is 41.9 Å². The minimum atomic E-state index is -4.29. The van der Waals surface area contributed by atoms with Crippen molar-refractivity contribution in [3.63, 3.8) is 0 Å². The third-order valence-corrected chi connectivity index (χ3v) is 11.3. The molecule has 3 aliphatic rings. The van der Waals surface area contributed by atoms with E-state index in [1.54, 1.807) is 24.3 Å². The van der Waals surface area contributed by atoms with E-state index in [0.717, 1.165) is 0 Å². The van der Waals surface area contributed by atoms with Crippen molar-refractivity contribution in [3.8, 4) is 23.0 Å². The number of ether oxygens (including phenoxy) is 3. The molecule has 1 spiro atoms. The number of unbranched alkanes of at least 4 members (excludes halogenated alkanes) is 3. The minimum Gasteiger partial charge on any atom is -0.508 e. The summed E-state index contributed by atoms with van der Waals surface area (Å²) in [7, 11) is -4.29. The molecule has 1 saturated heterocycles. The highest BCUT2D eigenvalue weighted by atomic mass is 31.2. The van der Waals surface area contributed by atoms with Crippen molar-refractivity contribution in [1.29, 1.82) is 0 Å². The number of phenolic OH excluding ortho intramolecular Hbond substituents is 2. The van der Waals surface area contributed by atoms with E-state index in [0.29, 0.717) is 48.9 Å². The maximum atomic E-state index is 13.6. The van der Waals surface area contributed by atoms with E-state index >= 15 is 0 Å². The van der Waals surface area contributed by atoms with Crippen molar-refractivity contribution >= 4 is 36.6 Å². The highest BCUT2D eigenvalue weighted by molar-refractivity contribution is 7.50. The fourth-order valence-electron chi connectivity index (χ4n) is 7.43. The number of nitrogens with one attached hydrogen (secondary N) is 2. The third-order valence-electron chi connectivity index (χ3n) is 10.2. The molecule has 0 saturated carbocycles. The number of carbonyl (C=O) groups excluding carboxylic acids is 2. The number of carbonyl (C=O) groups is 2. The van der Waals surface area contributed by atoms with Gasteiger partial charge in [0.05, 0.1) is 24.1 Å². The Hall–Kier alpha value is -5.66. The molecule has 0 bridgehead atoms. The fourth-order valence-corrected chi connectivity index (χ4v) is 8.31. The molecule has 0 radical (unpaired) electrons. The predicted molar refractivity (Wildman–Crippen MR) is 198 cm³/mol. The average Bonchev–Trinajstić information content (AvgIpc) is 3.83. The van der Waals surface area contributed by atoms with Gasteiger partial charge in [-0.15, -0.1) is 0 Å². The average molecular weight is 804 g/mol. The normalized spacial score (nSPS) is 21.4. The molecule has 8 rings (SSSR count). The fraction of sp³-hybridized carbons (Fsp3) is 0.324. The number of imidazole rings is 1. The molecule has 5 aromatic rings. The van der Waals surface area contributed by atoms with Crippen LogP contribution in [-0.4, -0.2) is 94.7 Å². The molecule has 2 aromatic heterocycles. The molecule has 1 unspecified atom stereocenters. The Morgan fingerprint density at radius 3 is 2.35 bits per heavy atom. The standard InChI is InChI=1S/C37H38N7O12P/c38-32-29-33(41-17-40-32)44(18-42-29)35-31(48)30(47)27(55-35)16-53-57(51,52)43-13-4-2-1-3-12-39-34(49)21-6-5-7-24-28(21)36(50)56-37(24)22-10-8-19(45)14-25(22)54-26-15-20(46)9-11-23(26)37/h5-11,14-15,17-18,27,30-31,35,45-48H,1-4,12-13,16H2,(H,39,49)(H2,38,40,41)(H2,43,51,52)/t27-,30-,31-,35-/m1/s1. The molecule has 57 heavy (non-hydrogen) atoms. The van der Waals surface area contributed by atoms with Gasteiger partial charge in [-0.2, -0.15) is 0 Å². The lowest BCUT2D eigenvalue weighted by Crippen LogP contribution is -2.34. The zero-order valence-electron chi connectivity index (χ0n) is 30.0. The van der Waals surface area contributed by atoms with Crippen LogP contribution in [0.2, 0.25) is 0 Å². The highest BCUT2D eigenvalue weighted by Crippen LogP contribution is 2.57. The number of rotatable bonds is 13. The minimum absolute atomic E-state index is 0.0722. The monoisotopic (exact) mass is 803 g/mol. The van der Waals surface area contributed by atoms with Crippen LogP contribution >= 0.6 is 7.75 Å². The molecular weight excluding hydrogens is 765 g/mol. The molecule has 3 aliphatic heterocycles. The van der Waals surface area contributed by atoms with Crippen LogP contribution in [0.1, 0.15) is 69.3 Å². The number of nitrogen functional groups attached to an aromatic ring is 1. The zero-order chi connectivity index (χ0) is 40.1. The van der Waals surface area contributed by atoms with Gasteiger partial charge < -0.3 is 50.6 Å². The summed E-state index contributed by atoms with van der Waals surface area (Å²) < 4.78 is 37.0. The van der Waals surface area contributed by atoms with Crippen LogP contribution < -0.4 is 20.9 Å². The second kappa shape index (κ2) is 15.0. The lowest BCUT2D eigenvalue weighted by molar-refractivity contribution is -0.0487. The van der Waals surface area contributed by atoms with Crippen LogP contribution in [-0.2, 0) is 24.2 Å². The van der Waals surface area contributed by atoms with Gasteiger partial charge in [0.25, 0.3) is 5.91 Å².